The van der Waals surface area contributed by atoms with Crippen LogP contribution in [0.15, 0.2) is 60.7 Å². The highest BCUT2D eigenvalue weighted by Gasteiger charge is 2.51. The van der Waals surface area contributed by atoms with Crippen LogP contribution in [0.2, 0.25) is 0 Å². The van der Waals surface area contributed by atoms with E-state index in [2.05, 4.69) is 19.1 Å². The van der Waals surface area contributed by atoms with Crippen molar-refractivity contribution in [2.45, 2.75) is 31.7 Å². The largest absolute Gasteiger partial charge is 0.385 e. The van der Waals surface area contributed by atoms with Crippen LogP contribution in [0, 0.1) is 5.92 Å². The minimum Gasteiger partial charge on any atom is -0.385 e. The Hall–Kier alpha value is -1.64. The summed E-state index contributed by atoms with van der Waals surface area (Å²) in [6.07, 6.45) is 0.797. The molecule has 0 aromatic heterocycles. The summed E-state index contributed by atoms with van der Waals surface area (Å²) in [5.74, 6) is 0.119. The van der Waals surface area contributed by atoms with Gasteiger partial charge in [-0.3, -0.25) is 0 Å². The van der Waals surface area contributed by atoms with Gasteiger partial charge in [-0.05, 0) is 11.1 Å². The molecule has 3 unspecified atom stereocenters. The average molecular weight is 268 g/mol. The zero-order chi connectivity index (χ0) is 14.0. The first-order valence-corrected chi connectivity index (χ1v) is 7.13. The highest BCUT2D eigenvalue weighted by Crippen LogP contribution is 2.48. The maximum absolute atomic E-state index is 10.7. The van der Waals surface area contributed by atoms with Gasteiger partial charge in [0.2, 0.25) is 0 Å². The van der Waals surface area contributed by atoms with E-state index in [0.29, 0.717) is 13.0 Å². The molecule has 1 fully saturated rings. The van der Waals surface area contributed by atoms with Crippen molar-refractivity contribution in [3.05, 3.63) is 71.8 Å². The molecule has 0 aliphatic heterocycles. The van der Waals surface area contributed by atoms with Gasteiger partial charge in [0.05, 0.1) is 18.3 Å². The Bertz CT molecular complexity index is 552. The molecule has 3 atom stereocenters. The molecule has 2 heteroatoms. The smallest absolute Gasteiger partial charge is 0.0971 e. The zero-order valence-electron chi connectivity index (χ0n) is 11.7. The second-order valence-corrected chi connectivity index (χ2v) is 5.62. The molecule has 1 N–H and O–H groups in total. The molecule has 2 aromatic rings. The fraction of sp³-hybridized carbons (Fsp3) is 0.333. The van der Waals surface area contributed by atoms with Gasteiger partial charge >= 0.3 is 0 Å². The lowest BCUT2D eigenvalue weighted by Gasteiger charge is -2.50. The van der Waals surface area contributed by atoms with Gasteiger partial charge in [0, 0.05) is 12.3 Å². The number of aliphatic hydroxyl groups is 1. The molecule has 3 rings (SSSR count). The lowest BCUT2D eigenvalue weighted by atomic mass is 9.64. The molecule has 0 bridgehead atoms. The van der Waals surface area contributed by atoms with Gasteiger partial charge in [0.1, 0.15) is 0 Å². The third kappa shape index (κ3) is 2.37. The summed E-state index contributed by atoms with van der Waals surface area (Å²) < 4.78 is 5.93. The molecule has 0 radical (unpaired) electrons. The van der Waals surface area contributed by atoms with Crippen molar-refractivity contribution in [2.24, 2.45) is 5.92 Å². The van der Waals surface area contributed by atoms with Gasteiger partial charge in [-0.2, -0.15) is 0 Å². The van der Waals surface area contributed by atoms with Gasteiger partial charge in [0.25, 0.3) is 0 Å². The maximum atomic E-state index is 10.7. The fourth-order valence-corrected chi connectivity index (χ4v) is 2.90. The molecule has 0 heterocycles. The first-order chi connectivity index (χ1) is 9.70. The van der Waals surface area contributed by atoms with E-state index < -0.39 is 5.60 Å². The molecule has 0 spiro atoms. The van der Waals surface area contributed by atoms with Crippen molar-refractivity contribution in [1.29, 1.82) is 0 Å². The first-order valence-electron chi connectivity index (χ1n) is 7.13. The van der Waals surface area contributed by atoms with Crippen LogP contribution in [0.3, 0.4) is 0 Å². The van der Waals surface area contributed by atoms with Gasteiger partial charge in [0.15, 0.2) is 0 Å². The molecule has 20 heavy (non-hydrogen) atoms. The lowest BCUT2D eigenvalue weighted by Crippen LogP contribution is -2.54. The maximum Gasteiger partial charge on any atom is 0.0971 e. The molecular weight excluding hydrogens is 248 g/mol. The SMILES string of the molecule is CC1C(OCc2ccccc2)CC1(O)c1ccccc1. The number of ether oxygens (including phenoxy) is 1. The third-order valence-electron chi connectivity index (χ3n) is 4.40. The van der Waals surface area contributed by atoms with Gasteiger partial charge in [-0.15, -0.1) is 0 Å². The summed E-state index contributed by atoms with van der Waals surface area (Å²) in [5.41, 5.74) is 1.43. The van der Waals surface area contributed by atoms with E-state index in [4.69, 9.17) is 4.74 Å². The Morgan fingerprint density at radius 1 is 1.05 bits per heavy atom. The van der Waals surface area contributed by atoms with Crippen LogP contribution < -0.4 is 0 Å². The minimum absolute atomic E-state index is 0.119. The summed E-state index contributed by atoms with van der Waals surface area (Å²) in [6, 6.07) is 20.1. The van der Waals surface area contributed by atoms with E-state index in [1.165, 1.54) is 5.56 Å². The normalized spacial score (nSPS) is 28.9. The molecule has 0 saturated heterocycles. The highest BCUT2D eigenvalue weighted by molar-refractivity contribution is 5.27. The number of rotatable bonds is 4. The van der Waals surface area contributed by atoms with Crippen molar-refractivity contribution >= 4 is 0 Å². The molecular formula is C18H20O2. The second kappa shape index (κ2) is 5.39. The van der Waals surface area contributed by atoms with Crippen molar-refractivity contribution in [2.75, 3.05) is 0 Å². The fourth-order valence-electron chi connectivity index (χ4n) is 2.90. The van der Waals surface area contributed by atoms with Gasteiger partial charge < -0.3 is 9.84 Å². The van der Waals surface area contributed by atoms with E-state index in [1.807, 2.05) is 48.5 Å². The van der Waals surface area contributed by atoms with Crippen LogP contribution in [0.5, 0.6) is 0 Å². The van der Waals surface area contributed by atoms with E-state index in [9.17, 15) is 5.11 Å². The number of benzene rings is 2. The van der Waals surface area contributed by atoms with E-state index >= 15 is 0 Å². The Morgan fingerprint density at radius 3 is 2.25 bits per heavy atom. The van der Waals surface area contributed by atoms with Crippen LogP contribution in [0.4, 0.5) is 0 Å². The molecule has 1 saturated carbocycles. The minimum atomic E-state index is -0.734. The van der Waals surface area contributed by atoms with Crippen LogP contribution >= 0.6 is 0 Å². The summed E-state index contributed by atoms with van der Waals surface area (Å²) in [5, 5.41) is 10.7. The monoisotopic (exact) mass is 268 g/mol. The van der Waals surface area contributed by atoms with E-state index in [-0.39, 0.29) is 12.0 Å². The number of hydrogen-bond acceptors (Lipinski definition) is 2. The van der Waals surface area contributed by atoms with E-state index in [1.54, 1.807) is 0 Å². The molecule has 1 aliphatic rings. The van der Waals surface area contributed by atoms with Crippen molar-refractivity contribution in [3.63, 3.8) is 0 Å². The standard InChI is InChI=1S/C18H20O2/c1-14-17(20-13-15-8-4-2-5-9-15)12-18(14,19)16-10-6-3-7-11-16/h2-11,14,17,19H,12-13H2,1H3. The summed E-state index contributed by atoms with van der Waals surface area (Å²) in [7, 11) is 0. The molecule has 104 valence electrons. The summed E-state index contributed by atoms with van der Waals surface area (Å²) in [4.78, 5) is 0. The third-order valence-corrected chi connectivity index (χ3v) is 4.40. The van der Waals surface area contributed by atoms with Crippen molar-refractivity contribution in [3.8, 4) is 0 Å². The second-order valence-electron chi connectivity index (χ2n) is 5.62. The highest BCUT2D eigenvalue weighted by atomic mass is 16.5. The predicted molar refractivity (Wildman–Crippen MR) is 79.1 cm³/mol. The average Bonchev–Trinajstić information content (AvgIpc) is 2.52. The predicted octanol–water partition coefficient (Wildman–Crippen LogP) is 3.50. The van der Waals surface area contributed by atoms with Crippen molar-refractivity contribution < 1.29 is 9.84 Å². The Morgan fingerprint density at radius 2 is 1.65 bits per heavy atom. The van der Waals surface area contributed by atoms with Crippen LogP contribution in [0.1, 0.15) is 24.5 Å². The summed E-state index contributed by atoms with van der Waals surface area (Å²) >= 11 is 0. The molecule has 2 aromatic carbocycles. The topological polar surface area (TPSA) is 29.5 Å². The summed E-state index contributed by atoms with van der Waals surface area (Å²) in [6.45, 7) is 2.67. The van der Waals surface area contributed by atoms with Gasteiger partial charge in [-0.1, -0.05) is 67.6 Å². The molecule has 0 amide bonds. The van der Waals surface area contributed by atoms with Crippen LogP contribution in [-0.4, -0.2) is 11.2 Å². The van der Waals surface area contributed by atoms with Crippen LogP contribution in [0.25, 0.3) is 0 Å². The quantitative estimate of drug-likeness (QED) is 0.919. The number of hydrogen-bond donors (Lipinski definition) is 1. The Balaban J connectivity index is 1.61. The van der Waals surface area contributed by atoms with E-state index in [0.717, 1.165) is 5.56 Å². The zero-order valence-corrected chi connectivity index (χ0v) is 11.7. The Kier molecular flexibility index (Phi) is 3.60. The first kappa shape index (κ1) is 13.3. The van der Waals surface area contributed by atoms with Gasteiger partial charge in [-0.25, -0.2) is 0 Å². The molecule has 2 nitrogen and oxygen atoms in total. The lowest BCUT2D eigenvalue weighted by molar-refractivity contribution is -0.198. The van der Waals surface area contributed by atoms with Crippen molar-refractivity contribution in [1.82, 2.24) is 0 Å². The molecule has 1 aliphatic carbocycles. The van der Waals surface area contributed by atoms with Crippen LogP contribution in [-0.2, 0) is 16.9 Å². The Labute approximate surface area is 120 Å².